The molecule has 0 saturated heterocycles. The minimum Gasteiger partial charge on any atom is -0.487 e. The number of nitrogens with two attached hydrogens (primary N) is 1. The molecule has 0 saturated carbocycles. The molecule has 0 fully saturated rings. The van der Waals surface area contributed by atoms with Gasteiger partial charge < -0.3 is 15.4 Å². The van der Waals surface area contributed by atoms with Gasteiger partial charge in [-0.15, -0.1) is 11.3 Å². The number of benzene rings is 1. The van der Waals surface area contributed by atoms with Crippen molar-refractivity contribution in [1.82, 2.24) is 24.1 Å². The molecular weight excluding hydrogens is 529 g/mol. The maximum Gasteiger partial charge on any atom is 0.416 e. The van der Waals surface area contributed by atoms with Crippen molar-refractivity contribution in [1.29, 1.82) is 0 Å². The highest BCUT2D eigenvalue weighted by molar-refractivity contribution is 7.17. The summed E-state index contributed by atoms with van der Waals surface area (Å²) in [5.74, 6) is -0.607. The third-order valence-electron chi connectivity index (χ3n) is 6.14. The van der Waals surface area contributed by atoms with E-state index in [-0.39, 0.29) is 22.8 Å². The summed E-state index contributed by atoms with van der Waals surface area (Å²) in [6.07, 6.45) is 2.81. The molecule has 12 heteroatoms. The number of likely N-dealkylation sites (N-methyl/N-ethyl adjacent to an activating group) is 1. The van der Waals surface area contributed by atoms with Gasteiger partial charge in [0.05, 0.1) is 35.1 Å². The molecule has 0 unspecified atom stereocenters. The first-order chi connectivity index (χ1) is 18.6. The molecule has 0 radical (unpaired) electrons. The number of rotatable bonds is 9. The van der Waals surface area contributed by atoms with E-state index in [4.69, 9.17) is 10.5 Å². The average molecular weight is 555 g/mol. The van der Waals surface area contributed by atoms with Gasteiger partial charge in [-0.25, -0.2) is 4.98 Å². The Bertz CT molecular complexity index is 1640. The molecule has 0 aliphatic heterocycles. The number of primary amides is 1. The van der Waals surface area contributed by atoms with Crippen LogP contribution in [-0.2, 0) is 19.3 Å². The Kier molecular flexibility index (Phi) is 7.15. The van der Waals surface area contributed by atoms with Gasteiger partial charge in [-0.2, -0.15) is 18.3 Å². The van der Waals surface area contributed by atoms with Crippen molar-refractivity contribution in [3.05, 3.63) is 83.3 Å². The molecule has 4 aromatic heterocycles. The Labute approximate surface area is 226 Å². The first-order valence-electron chi connectivity index (χ1n) is 12.0. The molecule has 0 aliphatic rings. The monoisotopic (exact) mass is 554 g/mol. The van der Waals surface area contributed by atoms with Crippen molar-refractivity contribution in [2.45, 2.75) is 19.3 Å². The van der Waals surface area contributed by atoms with E-state index >= 15 is 0 Å². The predicted octanol–water partition coefficient (Wildman–Crippen LogP) is 5.18. The molecule has 202 valence electrons. The van der Waals surface area contributed by atoms with Gasteiger partial charge in [-0.1, -0.05) is 18.2 Å². The van der Waals surface area contributed by atoms with Crippen LogP contribution in [0.25, 0.3) is 27.3 Å². The fourth-order valence-electron chi connectivity index (χ4n) is 4.14. The lowest BCUT2D eigenvalue weighted by Crippen LogP contribution is -2.18. The van der Waals surface area contributed by atoms with Crippen LogP contribution in [-0.4, -0.2) is 50.6 Å². The summed E-state index contributed by atoms with van der Waals surface area (Å²) in [6.45, 7) is 1.28. The summed E-state index contributed by atoms with van der Waals surface area (Å²) in [5, 5.41) is 4.43. The van der Waals surface area contributed by atoms with Crippen molar-refractivity contribution >= 4 is 22.9 Å². The number of pyridine rings is 1. The van der Waals surface area contributed by atoms with E-state index in [1.165, 1.54) is 18.2 Å². The topological polar surface area (TPSA) is 90.7 Å². The van der Waals surface area contributed by atoms with Gasteiger partial charge in [-0.3, -0.25) is 13.9 Å². The lowest BCUT2D eigenvalue weighted by Gasteiger charge is -2.13. The second kappa shape index (κ2) is 10.5. The zero-order valence-corrected chi connectivity index (χ0v) is 22.0. The molecule has 1 aromatic carbocycles. The normalized spacial score (nSPS) is 11.9. The smallest absolute Gasteiger partial charge is 0.416 e. The standard InChI is InChI=1S/C27H25F3N6O2S/c1-34(2)9-10-35-15-19(13-33-35)17-7-8-36-21(14-32-24(36)11-17)23-12-22(25(39-23)26(31)37)38-16-18-5-3-4-6-20(18)27(28,29)30/h3-8,11-15H,9-10,16H2,1-2H3,(H2,31,37). The number of thiophene rings is 1. The molecule has 5 rings (SSSR count). The molecule has 4 heterocycles. The highest BCUT2D eigenvalue weighted by atomic mass is 32.1. The number of aromatic nitrogens is 4. The van der Waals surface area contributed by atoms with Gasteiger partial charge in [0, 0.05) is 36.1 Å². The third kappa shape index (κ3) is 5.66. The zero-order valence-electron chi connectivity index (χ0n) is 21.1. The van der Waals surface area contributed by atoms with Crippen molar-refractivity contribution in [2.75, 3.05) is 20.6 Å². The van der Waals surface area contributed by atoms with E-state index in [0.29, 0.717) is 16.2 Å². The van der Waals surface area contributed by atoms with Crippen molar-refractivity contribution in [3.63, 3.8) is 0 Å². The second-order valence-corrected chi connectivity index (χ2v) is 10.2. The number of amides is 1. The molecule has 0 aliphatic carbocycles. The fourth-order valence-corrected chi connectivity index (χ4v) is 5.10. The largest absolute Gasteiger partial charge is 0.487 e. The fraction of sp³-hybridized carbons (Fsp3) is 0.222. The zero-order chi connectivity index (χ0) is 27.7. The summed E-state index contributed by atoms with van der Waals surface area (Å²) in [4.78, 5) is 19.5. The second-order valence-electron chi connectivity index (χ2n) is 9.19. The summed E-state index contributed by atoms with van der Waals surface area (Å²) in [5.41, 5.74) is 8.02. The van der Waals surface area contributed by atoms with E-state index in [1.807, 2.05) is 53.9 Å². The van der Waals surface area contributed by atoms with Crippen LogP contribution in [0.1, 0.15) is 20.8 Å². The van der Waals surface area contributed by atoms with Crippen LogP contribution in [0.3, 0.4) is 0 Å². The minimum atomic E-state index is -4.52. The van der Waals surface area contributed by atoms with Gasteiger partial charge in [-0.05, 0) is 37.9 Å². The number of nitrogens with zero attached hydrogens (tertiary/aromatic N) is 5. The van der Waals surface area contributed by atoms with E-state index in [1.54, 1.807) is 12.3 Å². The SMILES string of the molecule is CN(C)CCn1cc(-c2ccn3c(-c4cc(OCc5ccccc5C(F)(F)F)c(C(N)=O)s4)cnc3c2)cn1. The summed E-state index contributed by atoms with van der Waals surface area (Å²) in [6, 6.07) is 10.6. The van der Waals surface area contributed by atoms with E-state index in [9.17, 15) is 18.0 Å². The summed E-state index contributed by atoms with van der Waals surface area (Å²) in [7, 11) is 4.02. The van der Waals surface area contributed by atoms with Crippen molar-refractivity contribution < 1.29 is 22.7 Å². The molecule has 2 N–H and O–H groups in total. The van der Waals surface area contributed by atoms with Crippen LogP contribution in [0.15, 0.2) is 67.3 Å². The number of fused-ring (bicyclic) bond motifs is 1. The number of ether oxygens (including phenoxy) is 1. The van der Waals surface area contributed by atoms with Crippen LogP contribution >= 0.6 is 11.3 Å². The van der Waals surface area contributed by atoms with E-state index in [2.05, 4.69) is 15.0 Å². The maximum absolute atomic E-state index is 13.4. The van der Waals surface area contributed by atoms with Crippen molar-refractivity contribution in [2.24, 2.45) is 5.73 Å². The summed E-state index contributed by atoms with van der Waals surface area (Å²) >= 11 is 1.10. The quantitative estimate of drug-likeness (QED) is 0.271. The number of hydrogen-bond acceptors (Lipinski definition) is 6. The Hall–Kier alpha value is -4.16. The van der Waals surface area contributed by atoms with Crippen LogP contribution < -0.4 is 10.5 Å². The van der Waals surface area contributed by atoms with Crippen LogP contribution in [0.2, 0.25) is 0 Å². The Morgan fingerprint density at radius 3 is 2.67 bits per heavy atom. The predicted molar refractivity (Wildman–Crippen MR) is 143 cm³/mol. The first-order valence-corrected chi connectivity index (χ1v) is 12.8. The number of carbonyl (C=O) groups is 1. The average Bonchev–Trinajstić information content (AvgIpc) is 3.63. The maximum atomic E-state index is 13.4. The highest BCUT2D eigenvalue weighted by Gasteiger charge is 2.33. The highest BCUT2D eigenvalue weighted by Crippen LogP contribution is 2.38. The first kappa shape index (κ1) is 26.4. The third-order valence-corrected chi connectivity index (χ3v) is 7.29. The Morgan fingerprint density at radius 1 is 1.13 bits per heavy atom. The Morgan fingerprint density at radius 2 is 1.92 bits per heavy atom. The number of alkyl halides is 3. The van der Waals surface area contributed by atoms with E-state index in [0.717, 1.165) is 41.6 Å². The van der Waals surface area contributed by atoms with Gasteiger partial charge in [0.2, 0.25) is 0 Å². The molecule has 0 spiro atoms. The van der Waals surface area contributed by atoms with Crippen LogP contribution in [0.4, 0.5) is 13.2 Å². The number of carbonyl (C=O) groups excluding carboxylic acids is 1. The minimum absolute atomic E-state index is 0.0412. The van der Waals surface area contributed by atoms with Gasteiger partial charge >= 0.3 is 6.18 Å². The van der Waals surface area contributed by atoms with Crippen LogP contribution in [0, 0.1) is 0 Å². The number of imidazole rings is 1. The van der Waals surface area contributed by atoms with Crippen molar-refractivity contribution in [3.8, 4) is 27.4 Å². The van der Waals surface area contributed by atoms with Crippen LogP contribution in [0.5, 0.6) is 5.75 Å². The summed E-state index contributed by atoms with van der Waals surface area (Å²) < 4.78 is 49.6. The lowest BCUT2D eigenvalue weighted by molar-refractivity contribution is -0.138. The number of halogens is 3. The molecule has 1 amide bonds. The molecule has 0 bridgehead atoms. The van der Waals surface area contributed by atoms with Gasteiger partial charge in [0.25, 0.3) is 5.91 Å². The molecule has 5 aromatic rings. The number of hydrogen-bond donors (Lipinski definition) is 1. The molecule has 39 heavy (non-hydrogen) atoms. The molecule has 0 atom stereocenters. The van der Waals surface area contributed by atoms with Gasteiger partial charge in [0.15, 0.2) is 0 Å². The molecule has 8 nitrogen and oxygen atoms in total. The molecular formula is C27H25F3N6O2S. The lowest BCUT2D eigenvalue weighted by atomic mass is 10.1. The van der Waals surface area contributed by atoms with Gasteiger partial charge in [0.1, 0.15) is 22.9 Å². The van der Waals surface area contributed by atoms with E-state index < -0.39 is 17.6 Å². The Balaban J connectivity index is 1.41.